The summed E-state index contributed by atoms with van der Waals surface area (Å²) in [5.74, 6) is 0.140. The molecule has 0 N–H and O–H groups in total. The van der Waals surface area contributed by atoms with Crippen LogP contribution in [0.25, 0.3) is 0 Å². The van der Waals surface area contributed by atoms with Gasteiger partial charge >= 0.3 is 0 Å². The van der Waals surface area contributed by atoms with Gasteiger partial charge in [0.2, 0.25) is 11.8 Å². The van der Waals surface area contributed by atoms with Crippen molar-refractivity contribution in [2.45, 2.75) is 50.8 Å². The van der Waals surface area contributed by atoms with Gasteiger partial charge in [0.15, 0.2) is 0 Å². The Morgan fingerprint density at radius 2 is 1.75 bits per heavy atom. The summed E-state index contributed by atoms with van der Waals surface area (Å²) in [5.41, 5.74) is 0. The second-order valence-electron chi connectivity index (χ2n) is 8.06. The number of amides is 2. The summed E-state index contributed by atoms with van der Waals surface area (Å²) in [6.45, 7) is 5.15. The third kappa shape index (κ3) is 3.99. The molecule has 2 atom stereocenters. The molecule has 6 nitrogen and oxygen atoms in total. The number of carbonyl (C=O) groups excluding carboxylic acids is 2. The van der Waals surface area contributed by atoms with E-state index in [9.17, 15) is 14.0 Å². The number of benzene rings is 1. The highest BCUT2D eigenvalue weighted by molar-refractivity contribution is 5.87. The zero-order chi connectivity index (χ0) is 19.7. The average Bonchev–Trinajstić information content (AvgIpc) is 3.06. The third-order valence-corrected chi connectivity index (χ3v) is 6.29. The van der Waals surface area contributed by atoms with Crippen molar-refractivity contribution < 1.29 is 18.7 Å². The van der Waals surface area contributed by atoms with Crippen molar-refractivity contribution in [1.82, 2.24) is 14.7 Å². The van der Waals surface area contributed by atoms with E-state index in [1.165, 1.54) is 38.3 Å². The summed E-state index contributed by atoms with van der Waals surface area (Å²) >= 11 is 0. The molecule has 2 amide bonds. The minimum atomic E-state index is -0.474. The van der Waals surface area contributed by atoms with Gasteiger partial charge in [-0.3, -0.25) is 14.5 Å². The first-order chi connectivity index (χ1) is 13.5. The Bertz CT molecular complexity index is 714. The molecular weight excluding hydrogens is 361 g/mol. The van der Waals surface area contributed by atoms with Crippen molar-refractivity contribution in [3.05, 3.63) is 30.1 Å². The fraction of sp³-hybridized carbons (Fsp3) is 0.619. The van der Waals surface area contributed by atoms with Crippen LogP contribution >= 0.6 is 0 Å². The molecule has 0 aromatic heterocycles. The number of rotatable bonds is 4. The minimum Gasteiger partial charge on any atom is -0.488 e. The van der Waals surface area contributed by atoms with Crippen LogP contribution in [0, 0.1) is 5.82 Å². The summed E-state index contributed by atoms with van der Waals surface area (Å²) in [4.78, 5) is 31.3. The maximum absolute atomic E-state index is 13.1. The predicted octanol–water partition coefficient (Wildman–Crippen LogP) is 1.89. The number of ether oxygens (including phenoxy) is 1. The minimum absolute atomic E-state index is 0.0219. The van der Waals surface area contributed by atoms with Crippen LogP contribution in [0.4, 0.5) is 4.39 Å². The first-order valence-corrected chi connectivity index (χ1v) is 10.2. The van der Waals surface area contributed by atoms with Gasteiger partial charge < -0.3 is 14.5 Å². The third-order valence-electron chi connectivity index (χ3n) is 6.29. The lowest BCUT2D eigenvalue weighted by Gasteiger charge is -2.43. The maximum Gasteiger partial charge on any atom is 0.245 e. The Morgan fingerprint density at radius 1 is 1.07 bits per heavy atom. The zero-order valence-corrected chi connectivity index (χ0v) is 16.3. The highest BCUT2D eigenvalue weighted by atomic mass is 19.1. The van der Waals surface area contributed by atoms with E-state index in [2.05, 4.69) is 4.90 Å². The number of hydrogen-bond donors (Lipinski definition) is 0. The van der Waals surface area contributed by atoms with Crippen LogP contribution in [0.1, 0.15) is 32.6 Å². The fourth-order valence-electron chi connectivity index (χ4n) is 4.44. The van der Waals surface area contributed by atoms with E-state index >= 15 is 0 Å². The summed E-state index contributed by atoms with van der Waals surface area (Å²) < 4.78 is 19.0. The van der Waals surface area contributed by atoms with Crippen molar-refractivity contribution in [3.63, 3.8) is 0 Å². The molecule has 0 spiro atoms. The SMILES string of the molecule is CC(=O)N1CC(Oc2ccc(F)cc2)CC1C(=O)N1CCN(C2CCC2)CC1. The number of nitrogens with zero attached hydrogens (tertiary/aromatic N) is 3. The number of halogens is 1. The van der Waals surface area contributed by atoms with Gasteiger partial charge in [-0.2, -0.15) is 0 Å². The van der Waals surface area contributed by atoms with Crippen molar-refractivity contribution in [2.75, 3.05) is 32.7 Å². The number of likely N-dealkylation sites (tertiary alicyclic amines) is 1. The normalized spacial score (nSPS) is 26.2. The average molecular weight is 389 g/mol. The molecule has 3 fully saturated rings. The monoisotopic (exact) mass is 389 g/mol. The molecule has 4 rings (SSSR count). The van der Waals surface area contributed by atoms with Crippen LogP contribution in [0.2, 0.25) is 0 Å². The van der Waals surface area contributed by atoms with Crippen molar-refractivity contribution in [1.29, 1.82) is 0 Å². The molecule has 1 aromatic carbocycles. The van der Waals surface area contributed by atoms with Gasteiger partial charge in [-0.25, -0.2) is 4.39 Å². The molecular formula is C21H28FN3O3. The first kappa shape index (κ1) is 19.2. The summed E-state index contributed by atoms with van der Waals surface area (Å²) in [6, 6.07) is 6.06. The molecule has 28 heavy (non-hydrogen) atoms. The smallest absolute Gasteiger partial charge is 0.245 e. The van der Waals surface area contributed by atoms with Gasteiger partial charge in [0, 0.05) is 45.6 Å². The summed E-state index contributed by atoms with van der Waals surface area (Å²) in [5, 5.41) is 0. The second-order valence-corrected chi connectivity index (χ2v) is 8.06. The molecule has 7 heteroatoms. The molecule has 3 aliphatic rings. The Morgan fingerprint density at radius 3 is 2.32 bits per heavy atom. The van der Waals surface area contributed by atoms with Crippen molar-refractivity contribution >= 4 is 11.8 Å². The van der Waals surface area contributed by atoms with Gasteiger partial charge in [0.05, 0.1) is 6.54 Å². The van der Waals surface area contributed by atoms with Crippen LogP contribution < -0.4 is 4.74 Å². The van der Waals surface area contributed by atoms with E-state index in [0.29, 0.717) is 24.8 Å². The zero-order valence-electron chi connectivity index (χ0n) is 16.3. The predicted molar refractivity (Wildman–Crippen MR) is 102 cm³/mol. The Labute approximate surface area is 165 Å². The molecule has 1 aromatic rings. The van der Waals surface area contributed by atoms with Gasteiger partial charge in [0.1, 0.15) is 23.7 Å². The van der Waals surface area contributed by atoms with E-state index in [0.717, 1.165) is 26.2 Å². The van der Waals surface area contributed by atoms with Crippen molar-refractivity contribution in [2.24, 2.45) is 0 Å². The van der Waals surface area contributed by atoms with E-state index in [-0.39, 0.29) is 23.7 Å². The molecule has 1 aliphatic carbocycles. The topological polar surface area (TPSA) is 53.1 Å². The fourth-order valence-corrected chi connectivity index (χ4v) is 4.44. The van der Waals surface area contributed by atoms with Gasteiger partial charge in [0.25, 0.3) is 0 Å². The largest absolute Gasteiger partial charge is 0.488 e. The highest BCUT2D eigenvalue weighted by Crippen LogP contribution is 2.28. The van der Waals surface area contributed by atoms with Crippen LogP contribution in [-0.4, -0.2) is 77.4 Å². The lowest BCUT2D eigenvalue weighted by atomic mass is 9.91. The highest BCUT2D eigenvalue weighted by Gasteiger charge is 2.42. The Balaban J connectivity index is 1.37. The second kappa shape index (κ2) is 8.07. The molecule has 152 valence electrons. The van der Waals surface area contributed by atoms with Crippen LogP contribution in [-0.2, 0) is 9.59 Å². The maximum atomic E-state index is 13.1. The first-order valence-electron chi connectivity index (χ1n) is 10.2. The molecule has 2 unspecified atom stereocenters. The molecule has 2 aliphatic heterocycles. The lowest BCUT2D eigenvalue weighted by molar-refractivity contribution is -0.144. The number of carbonyl (C=O) groups is 2. The van der Waals surface area contributed by atoms with E-state index < -0.39 is 6.04 Å². The summed E-state index contributed by atoms with van der Waals surface area (Å²) in [6.07, 6.45) is 4.07. The van der Waals surface area contributed by atoms with Crippen LogP contribution in [0.15, 0.2) is 24.3 Å². The number of piperazine rings is 1. The Hall–Kier alpha value is -2.15. The molecule has 1 saturated carbocycles. The van der Waals surface area contributed by atoms with Gasteiger partial charge in [-0.1, -0.05) is 6.42 Å². The standard InChI is InChI=1S/C21H28FN3O3/c1-15(26)25-14-19(28-18-7-5-16(22)6-8-18)13-20(25)21(27)24-11-9-23(10-12-24)17-3-2-4-17/h5-8,17,19-20H,2-4,9-14H2,1H3. The van der Waals surface area contributed by atoms with E-state index in [1.54, 1.807) is 17.0 Å². The number of hydrogen-bond acceptors (Lipinski definition) is 4. The van der Waals surface area contributed by atoms with Gasteiger partial charge in [-0.05, 0) is 37.1 Å². The van der Waals surface area contributed by atoms with Crippen LogP contribution in [0.3, 0.4) is 0 Å². The summed E-state index contributed by atoms with van der Waals surface area (Å²) in [7, 11) is 0. The molecule has 2 saturated heterocycles. The van der Waals surface area contributed by atoms with Crippen molar-refractivity contribution in [3.8, 4) is 5.75 Å². The van der Waals surface area contributed by atoms with E-state index in [4.69, 9.17) is 4.74 Å². The van der Waals surface area contributed by atoms with Crippen LogP contribution in [0.5, 0.6) is 5.75 Å². The Kier molecular flexibility index (Phi) is 5.53. The quantitative estimate of drug-likeness (QED) is 0.789. The lowest BCUT2D eigenvalue weighted by Crippen LogP contribution is -2.56. The van der Waals surface area contributed by atoms with E-state index in [1.807, 2.05) is 4.90 Å². The van der Waals surface area contributed by atoms with Gasteiger partial charge in [-0.15, -0.1) is 0 Å². The molecule has 0 radical (unpaired) electrons. The molecule has 2 heterocycles. The molecule has 0 bridgehead atoms.